The fourth-order valence-electron chi connectivity index (χ4n) is 1.83. The van der Waals surface area contributed by atoms with Gasteiger partial charge in [0.2, 0.25) is 0 Å². The van der Waals surface area contributed by atoms with E-state index in [1.165, 1.54) is 0 Å². The number of rotatable bonds is 1. The number of fused-ring (bicyclic) bond motifs is 1. The Kier molecular flexibility index (Phi) is 2.09. The van der Waals surface area contributed by atoms with Crippen LogP contribution in [-0.2, 0) is 7.05 Å². The molecule has 17 heavy (non-hydrogen) atoms. The van der Waals surface area contributed by atoms with Gasteiger partial charge in [-0.3, -0.25) is 9.08 Å². The van der Waals surface area contributed by atoms with E-state index < -0.39 is 0 Å². The number of aryl methyl sites for hydroxylation is 1. The van der Waals surface area contributed by atoms with Gasteiger partial charge in [0.05, 0.1) is 10.7 Å². The maximum Gasteiger partial charge on any atom is 0.139 e. The first kappa shape index (κ1) is 10.2. The maximum atomic E-state index is 6.07. The van der Waals surface area contributed by atoms with Crippen molar-refractivity contribution in [1.29, 1.82) is 0 Å². The zero-order chi connectivity index (χ0) is 12.0. The normalized spacial score (nSPS) is 11.2. The second-order valence-corrected chi connectivity index (χ2v) is 4.20. The number of nitrogens with two attached hydrogens (primary N) is 1. The van der Waals surface area contributed by atoms with Crippen molar-refractivity contribution in [2.24, 2.45) is 7.05 Å². The van der Waals surface area contributed by atoms with Gasteiger partial charge < -0.3 is 5.73 Å². The second kappa shape index (κ2) is 3.49. The molecular weight excluding hydrogens is 238 g/mol. The number of hydrogen-bond acceptors (Lipinski definition) is 3. The molecule has 3 heterocycles. The lowest BCUT2D eigenvalue weighted by Gasteiger charge is -1.99. The van der Waals surface area contributed by atoms with E-state index in [-0.39, 0.29) is 0 Å². The number of nitrogen functional groups attached to an aromatic ring is 1. The van der Waals surface area contributed by atoms with Crippen LogP contribution in [0.25, 0.3) is 17.0 Å². The van der Waals surface area contributed by atoms with Crippen LogP contribution in [0.15, 0.2) is 30.6 Å². The number of aromatic nitrogens is 4. The molecule has 86 valence electrons. The Hall–Kier alpha value is -2.01. The molecule has 2 N–H and O–H groups in total. The van der Waals surface area contributed by atoms with Crippen LogP contribution in [0.1, 0.15) is 0 Å². The summed E-state index contributed by atoms with van der Waals surface area (Å²) < 4.78 is 3.50. The lowest BCUT2D eigenvalue weighted by molar-refractivity contribution is 0.774. The monoisotopic (exact) mass is 247 g/mol. The van der Waals surface area contributed by atoms with Crippen molar-refractivity contribution in [3.63, 3.8) is 0 Å². The molecule has 5 nitrogen and oxygen atoms in total. The quantitative estimate of drug-likeness (QED) is 0.715. The summed E-state index contributed by atoms with van der Waals surface area (Å²) in [5.74, 6) is 0.561. The highest BCUT2D eigenvalue weighted by Crippen LogP contribution is 2.26. The van der Waals surface area contributed by atoms with Crippen molar-refractivity contribution in [3.8, 4) is 11.4 Å². The van der Waals surface area contributed by atoms with Crippen LogP contribution < -0.4 is 5.73 Å². The molecule has 0 unspecified atom stereocenters. The Labute approximate surface area is 102 Å². The fourth-order valence-corrected chi connectivity index (χ4v) is 1.99. The third-order valence-electron chi connectivity index (χ3n) is 2.68. The fraction of sp³-hybridized carbons (Fsp3) is 0.0909. The summed E-state index contributed by atoms with van der Waals surface area (Å²) in [6, 6.07) is 5.49. The average Bonchev–Trinajstić information content (AvgIpc) is 2.84. The largest absolute Gasteiger partial charge is 0.383 e. The summed E-state index contributed by atoms with van der Waals surface area (Å²) in [7, 11) is 1.85. The van der Waals surface area contributed by atoms with Crippen molar-refractivity contribution < 1.29 is 0 Å². The molecule has 0 saturated heterocycles. The third-order valence-corrected chi connectivity index (χ3v) is 2.91. The highest BCUT2D eigenvalue weighted by Gasteiger charge is 2.13. The van der Waals surface area contributed by atoms with E-state index in [1.54, 1.807) is 27.5 Å². The summed E-state index contributed by atoms with van der Waals surface area (Å²) in [4.78, 5) is 4.48. The molecule has 3 aromatic rings. The minimum absolute atomic E-state index is 0.561. The van der Waals surface area contributed by atoms with Gasteiger partial charge in [-0.25, -0.2) is 4.98 Å². The van der Waals surface area contributed by atoms with Gasteiger partial charge in [0, 0.05) is 19.4 Å². The van der Waals surface area contributed by atoms with Gasteiger partial charge in [0.25, 0.3) is 0 Å². The lowest BCUT2D eigenvalue weighted by Crippen LogP contribution is -1.98. The third kappa shape index (κ3) is 1.47. The second-order valence-electron chi connectivity index (χ2n) is 3.76. The first-order valence-electron chi connectivity index (χ1n) is 5.08. The van der Waals surface area contributed by atoms with E-state index in [0.717, 1.165) is 11.3 Å². The molecule has 0 fully saturated rings. The van der Waals surface area contributed by atoms with Crippen LogP contribution >= 0.6 is 11.6 Å². The minimum Gasteiger partial charge on any atom is -0.383 e. The number of anilines is 1. The van der Waals surface area contributed by atoms with Gasteiger partial charge in [-0.15, -0.1) is 0 Å². The van der Waals surface area contributed by atoms with E-state index >= 15 is 0 Å². The highest BCUT2D eigenvalue weighted by molar-refractivity contribution is 6.30. The standard InChI is InChI=1S/C11H10ClN5/c1-16-8(4-5-14-16)10-11(13)17-6-7(12)2-3-9(17)15-10/h2-6H,13H2,1H3. The Morgan fingerprint density at radius 1 is 1.29 bits per heavy atom. The van der Waals surface area contributed by atoms with E-state index in [4.69, 9.17) is 17.3 Å². The predicted octanol–water partition coefficient (Wildman–Crippen LogP) is 1.97. The molecule has 0 aromatic carbocycles. The Balaban J connectivity index is 2.32. The summed E-state index contributed by atoms with van der Waals surface area (Å²) in [6.45, 7) is 0. The van der Waals surface area contributed by atoms with Crippen molar-refractivity contribution in [2.75, 3.05) is 5.73 Å². The molecule has 0 bridgehead atoms. The number of halogens is 1. The van der Waals surface area contributed by atoms with Crippen LogP contribution in [0.4, 0.5) is 5.82 Å². The van der Waals surface area contributed by atoms with Crippen molar-refractivity contribution in [1.82, 2.24) is 19.2 Å². The predicted molar refractivity (Wildman–Crippen MR) is 66.8 cm³/mol. The average molecular weight is 248 g/mol. The van der Waals surface area contributed by atoms with Crippen LogP contribution in [-0.4, -0.2) is 19.2 Å². The summed E-state index contributed by atoms with van der Waals surface area (Å²) in [5.41, 5.74) is 8.43. The Morgan fingerprint density at radius 3 is 2.82 bits per heavy atom. The molecule has 6 heteroatoms. The summed E-state index contributed by atoms with van der Waals surface area (Å²) in [6.07, 6.45) is 3.46. The molecule has 0 saturated carbocycles. The molecule has 3 aromatic heterocycles. The number of imidazole rings is 1. The summed E-state index contributed by atoms with van der Waals surface area (Å²) in [5, 5.41) is 4.73. The molecule has 0 aliphatic rings. The molecule has 0 aliphatic heterocycles. The molecule has 0 amide bonds. The Bertz CT molecular complexity index is 697. The zero-order valence-electron chi connectivity index (χ0n) is 9.13. The van der Waals surface area contributed by atoms with Gasteiger partial charge in [0.1, 0.15) is 17.2 Å². The maximum absolute atomic E-state index is 6.07. The first-order valence-corrected chi connectivity index (χ1v) is 5.46. The van der Waals surface area contributed by atoms with Crippen LogP contribution in [0.2, 0.25) is 5.02 Å². The van der Waals surface area contributed by atoms with E-state index in [2.05, 4.69) is 10.1 Å². The van der Waals surface area contributed by atoms with Gasteiger partial charge in [-0.2, -0.15) is 5.10 Å². The lowest BCUT2D eigenvalue weighted by atomic mass is 10.3. The smallest absolute Gasteiger partial charge is 0.139 e. The van der Waals surface area contributed by atoms with Crippen molar-refractivity contribution in [3.05, 3.63) is 35.6 Å². The molecule has 0 spiro atoms. The molecule has 0 radical (unpaired) electrons. The minimum atomic E-state index is 0.561. The molecular formula is C11H10ClN5. The van der Waals surface area contributed by atoms with E-state index in [0.29, 0.717) is 16.5 Å². The van der Waals surface area contributed by atoms with Crippen LogP contribution in [0.3, 0.4) is 0 Å². The van der Waals surface area contributed by atoms with E-state index in [9.17, 15) is 0 Å². The van der Waals surface area contributed by atoms with Gasteiger partial charge >= 0.3 is 0 Å². The Morgan fingerprint density at radius 2 is 2.12 bits per heavy atom. The van der Waals surface area contributed by atoms with Crippen molar-refractivity contribution in [2.45, 2.75) is 0 Å². The molecule has 0 aliphatic carbocycles. The van der Waals surface area contributed by atoms with Gasteiger partial charge in [0.15, 0.2) is 0 Å². The zero-order valence-corrected chi connectivity index (χ0v) is 9.89. The molecule has 3 rings (SSSR count). The SMILES string of the molecule is Cn1nccc1-c1nc2ccc(Cl)cn2c1N. The number of nitrogens with zero attached hydrogens (tertiary/aromatic N) is 4. The van der Waals surface area contributed by atoms with Crippen molar-refractivity contribution >= 4 is 23.1 Å². The van der Waals surface area contributed by atoms with Gasteiger partial charge in [-0.05, 0) is 18.2 Å². The van der Waals surface area contributed by atoms with Crippen LogP contribution in [0.5, 0.6) is 0 Å². The van der Waals surface area contributed by atoms with Gasteiger partial charge in [-0.1, -0.05) is 11.6 Å². The van der Waals surface area contributed by atoms with E-state index in [1.807, 2.05) is 19.2 Å². The topological polar surface area (TPSA) is 61.1 Å². The highest BCUT2D eigenvalue weighted by atomic mass is 35.5. The molecule has 0 atom stereocenters. The first-order chi connectivity index (χ1) is 8.16. The number of hydrogen-bond donors (Lipinski definition) is 1. The number of pyridine rings is 1. The summed E-state index contributed by atoms with van der Waals surface area (Å²) >= 11 is 5.93. The van der Waals surface area contributed by atoms with Crippen LogP contribution in [0, 0.1) is 0 Å².